The molecule has 2 N–H and O–H groups in total. The molecule has 12 aromatic rings. The van der Waals surface area contributed by atoms with E-state index in [0.717, 1.165) is 65.2 Å². The SMILES string of the molecule is O=S(=O)(c1ccccc1)c1ccc(-c2ccc3c(c2)c2ccccc2n3-c2ccccc2)cn1.O=S(=O)(c1ccccc1)c1ccc(Br)cc1.OB(O)c1ccc2c(c1)c1ccccc1n2-c1ccccc1. The standard InChI is InChI=1S/C29H20N2O2S.C18H14BNO2.C12H9BrO2S/c32-34(33,24-11-5-2-6-12-24)29-18-16-22(20-30-29)21-15-17-28-26(19-21)25-13-7-8-14-27(25)31(28)23-9-3-1-4-10-23;21-19(22)13-10-11-18-16(12-13)15-8-4-5-9-17(15)20(18)14-6-2-1-3-7-14;13-10-6-8-12(9-7-10)16(14,15)11-4-2-1-3-5-11/h1-20H;1-12,21-22H;1-9H. The normalized spacial score (nSPS) is 11.5. The van der Waals surface area contributed by atoms with E-state index in [0.29, 0.717) is 15.3 Å². The first-order valence-corrected chi connectivity index (χ1v) is 26.6. The molecule has 0 amide bonds. The molecule has 0 aliphatic heterocycles. The fraction of sp³-hybridized carbons (Fsp3) is 0. The average molecular weight is 1040 g/mol. The smallest absolute Gasteiger partial charge is 0.423 e. The second-order valence-electron chi connectivity index (χ2n) is 16.7. The number of hydrogen-bond donors (Lipinski definition) is 2. The number of aromatic nitrogens is 3. The van der Waals surface area contributed by atoms with E-state index >= 15 is 0 Å². The van der Waals surface area contributed by atoms with Crippen molar-refractivity contribution in [2.24, 2.45) is 0 Å². The molecular formula is C59H43BBrN3O6S2. The Bertz CT molecular complexity index is 4090. The second-order valence-corrected chi connectivity index (χ2v) is 21.5. The first-order chi connectivity index (χ1) is 35.0. The predicted octanol–water partition coefficient (Wildman–Crippen LogP) is 12.4. The number of fused-ring (bicyclic) bond motifs is 6. The molecule has 12 rings (SSSR count). The zero-order chi connectivity index (χ0) is 49.8. The van der Waals surface area contributed by atoms with Gasteiger partial charge >= 0.3 is 7.12 Å². The van der Waals surface area contributed by atoms with Gasteiger partial charge in [-0.05, 0) is 126 Å². The third-order valence-electron chi connectivity index (χ3n) is 12.3. The number of nitrogens with zero attached hydrogens (tertiary/aromatic N) is 3. The third kappa shape index (κ3) is 9.51. The Morgan fingerprint density at radius 1 is 0.389 bits per heavy atom. The Labute approximate surface area is 425 Å². The Kier molecular flexibility index (Phi) is 13.6. The van der Waals surface area contributed by atoms with Crippen molar-refractivity contribution in [3.63, 3.8) is 0 Å². The van der Waals surface area contributed by atoms with Crippen LogP contribution in [-0.4, -0.2) is 48.1 Å². The number of para-hydroxylation sites is 4. The van der Waals surface area contributed by atoms with Crippen molar-refractivity contribution in [2.45, 2.75) is 19.7 Å². The molecule has 0 atom stereocenters. The van der Waals surface area contributed by atoms with Gasteiger partial charge in [-0.2, -0.15) is 0 Å². The van der Waals surface area contributed by atoms with Crippen molar-refractivity contribution in [3.8, 4) is 22.5 Å². The zero-order valence-electron chi connectivity index (χ0n) is 38.3. The van der Waals surface area contributed by atoms with Crippen LogP contribution in [0.15, 0.2) is 273 Å². The molecule has 0 fully saturated rings. The molecule has 9 aromatic carbocycles. The van der Waals surface area contributed by atoms with Crippen molar-refractivity contribution in [3.05, 3.63) is 253 Å². The van der Waals surface area contributed by atoms with E-state index in [1.807, 2.05) is 66.7 Å². The van der Waals surface area contributed by atoms with Gasteiger partial charge in [0.25, 0.3) is 0 Å². The minimum atomic E-state index is -3.64. The van der Waals surface area contributed by atoms with Crippen molar-refractivity contribution in [1.29, 1.82) is 0 Å². The monoisotopic (exact) mass is 1040 g/mol. The summed E-state index contributed by atoms with van der Waals surface area (Å²) in [4.78, 5) is 5.17. The van der Waals surface area contributed by atoms with Gasteiger partial charge in [0.1, 0.15) is 0 Å². The molecule has 0 radical (unpaired) electrons. The van der Waals surface area contributed by atoms with Crippen LogP contribution in [0.5, 0.6) is 0 Å². The molecule has 0 aliphatic carbocycles. The summed E-state index contributed by atoms with van der Waals surface area (Å²) in [7, 11) is -8.48. The van der Waals surface area contributed by atoms with Gasteiger partial charge in [0.05, 0.1) is 36.8 Å². The summed E-state index contributed by atoms with van der Waals surface area (Å²) in [6.07, 6.45) is 1.63. The van der Waals surface area contributed by atoms with E-state index in [-0.39, 0.29) is 9.92 Å². The largest absolute Gasteiger partial charge is 0.488 e. The minimum absolute atomic E-state index is 0.0456. The maximum atomic E-state index is 12.9. The van der Waals surface area contributed by atoms with Crippen molar-refractivity contribution >= 4 is 91.8 Å². The maximum Gasteiger partial charge on any atom is 0.488 e. The number of pyridine rings is 1. The fourth-order valence-corrected chi connectivity index (χ4v) is 11.5. The van der Waals surface area contributed by atoms with Gasteiger partial charge in [-0.1, -0.05) is 143 Å². The van der Waals surface area contributed by atoms with Gasteiger partial charge in [-0.25, -0.2) is 21.8 Å². The zero-order valence-corrected chi connectivity index (χ0v) is 41.5. The van der Waals surface area contributed by atoms with E-state index < -0.39 is 26.8 Å². The topological polar surface area (TPSA) is 131 Å². The van der Waals surface area contributed by atoms with Crippen LogP contribution in [0.1, 0.15) is 0 Å². The highest BCUT2D eigenvalue weighted by Crippen LogP contribution is 2.36. The summed E-state index contributed by atoms with van der Waals surface area (Å²) in [5, 5.41) is 23.3. The first-order valence-electron chi connectivity index (χ1n) is 22.8. The van der Waals surface area contributed by atoms with Crippen LogP contribution in [0.25, 0.3) is 66.1 Å². The molecule has 352 valence electrons. The maximum absolute atomic E-state index is 12.9. The van der Waals surface area contributed by atoms with Crippen LogP contribution in [0.3, 0.4) is 0 Å². The van der Waals surface area contributed by atoms with Crippen LogP contribution in [0.4, 0.5) is 0 Å². The highest BCUT2D eigenvalue weighted by Gasteiger charge is 2.21. The number of hydrogen-bond acceptors (Lipinski definition) is 7. The van der Waals surface area contributed by atoms with Crippen molar-refractivity contribution in [1.82, 2.24) is 14.1 Å². The van der Waals surface area contributed by atoms with Crippen LogP contribution < -0.4 is 5.46 Å². The molecule has 3 heterocycles. The summed E-state index contributed by atoms with van der Waals surface area (Å²) in [6.45, 7) is 0. The Balaban J connectivity index is 0.000000135. The highest BCUT2D eigenvalue weighted by atomic mass is 79.9. The molecule has 0 aliphatic rings. The highest BCUT2D eigenvalue weighted by molar-refractivity contribution is 9.10. The van der Waals surface area contributed by atoms with E-state index in [1.165, 1.54) is 5.39 Å². The van der Waals surface area contributed by atoms with E-state index in [4.69, 9.17) is 0 Å². The molecule has 13 heteroatoms. The molecular weight excluding hydrogens is 1000 g/mol. The molecule has 0 bridgehead atoms. The lowest BCUT2D eigenvalue weighted by molar-refractivity contribution is 0.426. The van der Waals surface area contributed by atoms with Gasteiger partial charge in [-0.15, -0.1) is 0 Å². The van der Waals surface area contributed by atoms with Crippen LogP contribution in [0, 0.1) is 0 Å². The molecule has 0 spiro atoms. The van der Waals surface area contributed by atoms with Gasteiger partial charge in [0.15, 0.2) is 5.03 Å². The van der Waals surface area contributed by atoms with Crippen LogP contribution in [0.2, 0.25) is 0 Å². The second kappa shape index (κ2) is 20.4. The van der Waals surface area contributed by atoms with Crippen molar-refractivity contribution < 1.29 is 26.9 Å². The summed E-state index contributed by atoms with van der Waals surface area (Å²) in [5.41, 5.74) is 8.97. The molecule has 72 heavy (non-hydrogen) atoms. The summed E-state index contributed by atoms with van der Waals surface area (Å²) < 4.78 is 55.3. The van der Waals surface area contributed by atoms with E-state index in [1.54, 1.807) is 103 Å². The number of halogens is 1. The molecule has 3 aromatic heterocycles. The van der Waals surface area contributed by atoms with Crippen LogP contribution in [-0.2, 0) is 19.7 Å². The van der Waals surface area contributed by atoms with E-state index in [2.05, 4.69) is 109 Å². The summed E-state index contributed by atoms with van der Waals surface area (Å²) in [5.74, 6) is 0. The molecule has 0 saturated heterocycles. The average Bonchev–Trinajstić information content (AvgIpc) is 3.95. The molecule has 9 nitrogen and oxygen atoms in total. The first kappa shape index (κ1) is 47.8. The lowest BCUT2D eigenvalue weighted by atomic mass is 9.80. The quantitative estimate of drug-likeness (QED) is 0.145. The van der Waals surface area contributed by atoms with Crippen LogP contribution >= 0.6 is 15.9 Å². The Morgan fingerprint density at radius 3 is 1.31 bits per heavy atom. The lowest BCUT2D eigenvalue weighted by Gasteiger charge is -2.08. The summed E-state index contributed by atoms with van der Waals surface area (Å²) >= 11 is 3.27. The van der Waals surface area contributed by atoms with Crippen molar-refractivity contribution in [2.75, 3.05) is 0 Å². The third-order valence-corrected chi connectivity index (χ3v) is 16.3. The van der Waals surface area contributed by atoms with Gasteiger partial charge in [-0.3, -0.25) is 0 Å². The van der Waals surface area contributed by atoms with Gasteiger partial charge in [0, 0.05) is 49.2 Å². The number of sulfone groups is 2. The molecule has 0 unspecified atom stereocenters. The Morgan fingerprint density at radius 2 is 0.806 bits per heavy atom. The number of benzene rings is 9. The summed E-state index contributed by atoms with van der Waals surface area (Å²) in [6, 6.07) is 75.7. The van der Waals surface area contributed by atoms with E-state index in [9.17, 15) is 26.9 Å². The Hall–Kier alpha value is -7.91. The van der Waals surface area contributed by atoms with Gasteiger partial charge in [0.2, 0.25) is 19.7 Å². The molecule has 0 saturated carbocycles. The predicted molar refractivity (Wildman–Crippen MR) is 293 cm³/mol. The van der Waals surface area contributed by atoms with Gasteiger partial charge < -0.3 is 19.2 Å². The minimum Gasteiger partial charge on any atom is -0.423 e. The fourth-order valence-electron chi connectivity index (χ4n) is 8.79. The lowest BCUT2D eigenvalue weighted by Crippen LogP contribution is -2.29. The number of rotatable bonds is 8.